The zero-order valence-electron chi connectivity index (χ0n) is 11.0. The molecule has 1 aliphatic carbocycles. The summed E-state index contributed by atoms with van der Waals surface area (Å²) < 4.78 is 0. The molecule has 0 saturated heterocycles. The second-order valence-corrected chi connectivity index (χ2v) is 6.56. The summed E-state index contributed by atoms with van der Waals surface area (Å²) >= 11 is 1.92. The van der Waals surface area contributed by atoms with Gasteiger partial charge in [0.05, 0.1) is 0 Å². The third-order valence-corrected chi connectivity index (χ3v) is 5.12. The Bertz CT molecular complexity index is 340. The molecular weight excluding hydrogens is 228 g/mol. The molecule has 1 aromatic rings. The lowest BCUT2D eigenvalue weighted by atomic mass is 9.84. The lowest BCUT2D eigenvalue weighted by Crippen LogP contribution is -2.41. The molecular formula is C14H24N2S. The predicted molar refractivity (Wildman–Crippen MR) is 75.4 cm³/mol. The van der Waals surface area contributed by atoms with E-state index in [4.69, 9.17) is 5.73 Å². The van der Waals surface area contributed by atoms with Gasteiger partial charge in [0.15, 0.2) is 0 Å². The van der Waals surface area contributed by atoms with E-state index in [1.54, 1.807) is 0 Å². The molecule has 2 nitrogen and oxygen atoms in total. The largest absolute Gasteiger partial charge is 0.330 e. The quantitative estimate of drug-likeness (QED) is 0.864. The number of aryl methyl sites for hydroxylation is 2. The monoisotopic (exact) mass is 252 g/mol. The summed E-state index contributed by atoms with van der Waals surface area (Å²) in [6.45, 7) is 6.24. The summed E-state index contributed by atoms with van der Waals surface area (Å²) in [5, 5.41) is 3.71. The van der Waals surface area contributed by atoms with Crippen LogP contribution in [0.4, 0.5) is 0 Å². The van der Waals surface area contributed by atoms with Crippen molar-refractivity contribution in [3.8, 4) is 0 Å². The van der Waals surface area contributed by atoms with Gasteiger partial charge in [-0.1, -0.05) is 12.8 Å². The highest BCUT2D eigenvalue weighted by Crippen LogP contribution is 2.25. The van der Waals surface area contributed by atoms with Gasteiger partial charge in [0.2, 0.25) is 0 Å². The smallest absolute Gasteiger partial charge is 0.0302 e. The van der Waals surface area contributed by atoms with E-state index in [0.717, 1.165) is 13.1 Å². The Morgan fingerprint density at radius 1 is 1.35 bits per heavy atom. The van der Waals surface area contributed by atoms with Crippen LogP contribution >= 0.6 is 11.3 Å². The minimum absolute atomic E-state index is 0.636. The van der Waals surface area contributed by atoms with Crippen molar-refractivity contribution < 1.29 is 0 Å². The highest BCUT2D eigenvalue weighted by Gasteiger charge is 2.23. The summed E-state index contributed by atoms with van der Waals surface area (Å²) in [6.07, 6.45) is 5.32. The maximum atomic E-state index is 5.85. The molecule has 0 aromatic carbocycles. The van der Waals surface area contributed by atoms with Crippen molar-refractivity contribution in [2.24, 2.45) is 11.7 Å². The van der Waals surface area contributed by atoms with Crippen LogP contribution < -0.4 is 11.1 Å². The highest BCUT2D eigenvalue weighted by atomic mass is 32.1. The number of thiophene rings is 1. The average Bonchev–Trinajstić information content (AvgIpc) is 2.66. The summed E-state index contributed by atoms with van der Waals surface area (Å²) in [7, 11) is 0. The van der Waals surface area contributed by atoms with Gasteiger partial charge in [0.1, 0.15) is 0 Å². The van der Waals surface area contributed by atoms with E-state index in [2.05, 4.69) is 25.2 Å². The molecule has 0 spiro atoms. The topological polar surface area (TPSA) is 38.0 Å². The molecule has 1 aromatic heterocycles. The van der Waals surface area contributed by atoms with E-state index in [-0.39, 0.29) is 0 Å². The number of hydrogen-bond acceptors (Lipinski definition) is 3. The van der Waals surface area contributed by atoms with Crippen LogP contribution in [0.1, 0.15) is 41.0 Å². The van der Waals surface area contributed by atoms with Crippen molar-refractivity contribution in [3.63, 3.8) is 0 Å². The van der Waals surface area contributed by atoms with Crippen LogP contribution in [0.2, 0.25) is 0 Å². The minimum atomic E-state index is 0.636. The predicted octanol–water partition coefficient (Wildman–Crippen LogP) is 2.97. The summed E-state index contributed by atoms with van der Waals surface area (Å²) in [5.41, 5.74) is 7.28. The molecule has 1 saturated carbocycles. The minimum Gasteiger partial charge on any atom is -0.330 e. The molecule has 0 aliphatic heterocycles. The normalized spacial score (nSPS) is 25.1. The van der Waals surface area contributed by atoms with Gasteiger partial charge in [-0.15, -0.1) is 11.3 Å². The van der Waals surface area contributed by atoms with E-state index in [1.165, 1.54) is 41.0 Å². The number of nitrogens with two attached hydrogens (primary N) is 1. The van der Waals surface area contributed by atoms with Crippen LogP contribution in [0.25, 0.3) is 0 Å². The third-order valence-electron chi connectivity index (χ3n) is 3.97. The first-order valence-electron chi connectivity index (χ1n) is 6.70. The molecule has 2 atom stereocenters. The van der Waals surface area contributed by atoms with Crippen LogP contribution in [0.15, 0.2) is 6.07 Å². The van der Waals surface area contributed by atoms with Gasteiger partial charge in [0.25, 0.3) is 0 Å². The van der Waals surface area contributed by atoms with E-state index in [0.29, 0.717) is 12.0 Å². The summed E-state index contributed by atoms with van der Waals surface area (Å²) in [5.74, 6) is 0.686. The van der Waals surface area contributed by atoms with Crippen molar-refractivity contribution >= 4 is 11.3 Å². The zero-order valence-corrected chi connectivity index (χ0v) is 11.8. The lowest BCUT2D eigenvalue weighted by Gasteiger charge is -2.31. The molecule has 2 unspecified atom stereocenters. The van der Waals surface area contributed by atoms with Crippen LogP contribution in [0.5, 0.6) is 0 Å². The van der Waals surface area contributed by atoms with Gasteiger partial charge in [-0.25, -0.2) is 0 Å². The Morgan fingerprint density at radius 2 is 2.12 bits per heavy atom. The number of hydrogen-bond donors (Lipinski definition) is 2. The first-order chi connectivity index (χ1) is 8.20. The molecule has 17 heavy (non-hydrogen) atoms. The second kappa shape index (κ2) is 5.98. The van der Waals surface area contributed by atoms with E-state index in [1.807, 2.05) is 11.3 Å². The van der Waals surface area contributed by atoms with Crippen molar-refractivity contribution in [2.45, 2.75) is 52.1 Å². The molecule has 1 fully saturated rings. The van der Waals surface area contributed by atoms with Crippen molar-refractivity contribution in [1.82, 2.24) is 5.32 Å². The summed E-state index contributed by atoms with van der Waals surface area (Å²) in [4.78, 5) is 2.90. The molecule has 3 heteroatoms. The van der Waals surface area contributed by atoms with Crippen LogP contribution in [0.3, 0.4) is 0 Å². The van der Waals surface area contributed by atoms with Crippen LogP contribution in [-0.4, -0.2) is 12.6 Å². The van der Waals surface area contributed by atoms with Gasteiger partial charge in [-0.3, -0.25) is 0 Å². The van der Waals surface area contributed by atoms with Gasteiger partial charge < -0.3 is 11.1 Å². The maximum Gasteiger partial charge on any atom is 0.0302 e. The SMILES string of the molecule is Cc1cc(CNC2CCCCC2CN)sc1C. The molecule has 0 bridgehead atoms. The highest BCUT2D eigenvalue weighted by molar-refractivity contribution is 7.12. The second-order valence-electron chi connectivity index (χ2n) is 5.22. The molecule has 1 heterocycles. The lowest BCUT2D eigenvalue weighted by molar-refractivity contribution is 0.267. The van der Waals surface area contributed by atoms with Crippen molar-refractivity contribution in [3.05, 3.63) is 21.4 Å². The van der Waals surface area contributed by atoms with Crippen molar-refractivity contribution in [2.75, 3.05) is 6.54 Å². The zero-order chi connectivity index (χ0) is 12.3. The van der Waals surface area contributed by atoms with E-state index >= 15 is 0 Å². The first-order valence-corrected chi connectivity index (χ1v) is 7.51. The van der Waals surface area contributed by atoms with E-state index in [9.17, 15) is 0 Å². The maximum absolute atomic E-state index is 5.85. The van der Waals surface area contributed by atoms with Crippen molar-refractivity contribution in [1.29, 1.82) is 0 Å². The average molecular weight is 252 g/mol. The van der Waals surface area contributed by atoms with Crippen LogP contribution in [-0.2, 0) is 6.54 Å². The Kier molecular flexibility index (Phi) is 4.60. The molecule has 2 rings (SSSR count). The van der Waals surface area contributed by atoms with Gasteiger partial charge in [0, 0.05) is 22.3 Å². The number of rotatable bonds is 4. The standard InChI is InChI=1S/C14H24N2S/c1-10-7-13(17-11(10)2)9-16-14-6-4-3-5-12(14)8-15/h7,12,14,16H,3-6,8-9,15H2,1-2H3. The molecule has 0 amide bonds. The Morgan fingerprint density at radius 3 is 2.76 bits per heavy atom. The fourth-order valence-electron chi connectivity index (χ4n) is 2.73. The fraction of sp³-hybridized carbons (Fsp3) is 0.714. The Labute approximate surface area is 109 Å². The Balaban J connectivity index is 1.88. The number of nitrogens with one attached hydrogen (secondary N) is 1. The van der Waals surface area contributed by atoms with Gasteiger partial charge in [-0.05, 0) is 50.8 Å². The van der Waals surface area contributed by atoms with E-state index < -0.39 is 0 Å². The van der Waals surface area contributed by atoms with Crippen LogP contribution in [0, 0.1) is 19.8 Å². The molecule has 3 N–H and O–H groups in total. The Hall–Kier alpha value is -0.380. The molecule has 0 radical (unpaired) electrons. The third kappa shape index (κ3) is 3.30. The summed E-state index contributed by atoms with van der Waals surface area (Å²) in [6, 6.07) is 2.95. The van der Waals surface area contributed by atoms with Gasteiger partial charge >= 0.3 is 0 Å². The first kappa shape index (κ1) is 13.1. The fourth-order valence-corrected chi connectivity index (χ4v) is 3.73. The molecule has 96 valence electrons. The van der Waals surface area contributed by atoms with Gasteiger partial charge in [-0.2, -0.15) is 0 Å². The molecule has 1 aliphatic rings.